The van der Waals surface area contributed by atoms with Crippen LogP contribution in [-0.4, -0.2) is 83.7 Å². The Balaban J connectivity index is 1.89. The molecule has 1 saturated heterocycles. The topological polar surface area (TPSA) is 163 Å². The summed E-state index contributed by atoms with van der Waals surface area (Å²) in [4.78, 5) is 5.10. The van der Waals surface area contributed by atoms with Gasteiger partial charge in [-0.1, -0.05) is 0 Å². The Bertz CT molecular complexity index is 524. The largest absolute Gasteiger partial charge is 0.394 e. The molecule has 11 nitrogen and oxygen atoms in total. The normalized spacial score (nSPS) is 31.8. The van der Waals surface area contributed by atoms with Crippen LogP contribution in [0.3, 0.4) is 0 Å². The minimum atomic E-state index is -1.30. The van der Waals surface area contributed by atoms with Crippen LogP contribution in [-0.2, 0) is 18.9 Å². The molecule has 11 heteroatoms. The summed E-state index contributed by atoms with van der Waals surface area (Å²) in [6.07, 6.45) is -1.96. The molecule has 0 radical (unpaired) electrons. The van der Waals surface area contributed by atoms with Gasteiger partial charge in [0.15, 0.2) is 6.23 Å². The highest BCUT2D eigenvalue weighted by Crippen LogP contribution is 2.28. The predicted molar refractivity (Wildman–Crippen MR) is 82.2 cm³/mol. The molecule has 2 rings (SSSR count). The molecule has 1 fully saturated rings. The number of ether oxygens (including phenoxy) is 4. The fourth-order valence-electron chi connectivity index (χ4n) is 2.38. The Morgan fingerprint density at radius 1 is 1.36 bits per heavy atom. The first kappa shape index (κ1) is 19.5. The van der Waals surface area contributed by atoms with Crippen molar-refractivity contribution in [3.8, 4) is 6.07 Å². The van der Waals surface area contributed by atoms with Gasteiger partial charge in [-0.05, 0) is 6.08 Å². The van der Waals surface area contributed by atoms with Crippen LogP contribution in [0.5, 0.6) is 0 Å². The summed E-state index contributed by atoms with van der Waals surface area (Å²) in [6.45, 7) is -0.475. The molecule has 5 atom stereocenters. The summed E-state index contributed by atoms with van der Waals surface area (Å²) in [5.41, 5.74) is 5.51. The van der Waals surface area contributed by atoms with Crippen molar-refractivity contribution in [3.05, 3.63) is 12.3 Å². The van der Waals surface area contributed by atoms with Gasteiger partial charge in [0.2, 0.25) is 6.35 Å². The first-order valence-electron chi connectivity index (χ1n) is 7.64. The van der Waals surface area contributed by atoms with E-state index >= 15 is 0 Å². The predicted octanol–water partition coefficient (Wildman–Crippen LogP) is -2.23. The second-order valence-electron chi connectivity index (χ2n) is 5.29. The molecule has 0 aromatic carbocycles. The molecule has 0 amide bonds. The van der Waals surface area contributed by atoms with E-state index < -0.39 is 37.5 Å². The van der Waals surface area contributed by atoms with Gasteiger partial charge in [-0.15, -0.1) is 0 Å². The third kappa shape index (κ3) is 5.10. The highest BCUT2D eigenvalue weighted by Gasteiger charge is 2.48. The molecule has 2 heterocycles. The summed E-state index contributed by atoms with van der Waals surface area (Å²) in [6, 6.07) is 1.93. The van der Waals surface area contributed by atoms with Crippen molar-refractivity contribution in [3.63, 3.8) is 0 Å². The smallest absolute Gasteiger partial charge is 0.229 e. The minimum Gasteiger partial charge on any atom is -0.394 e. The van der Waals surface area contributed by atoms with E-state index in [1.54, 1.807) is 0 Å². The second kappa shape index (κ2) is 9.64. The van der Waals surface area contributed by atoms with E-state index in [1.165, 1.54) is 17.2 Å². The van der Waals surface area contributed by atoms with Crippen molar-refractivity contribution in [2.24, 2.45) is 10.7 Å². The Hall–Kier alpha value is -1.78. The fourth-order valence-corrected chi connectivity index (χ4v) is 2.38. The van der Waals surface area contributed by atoms with Crippen molar-refractivity contribution in [2.75, 3.05) is 26.8 Å². The molecule has 5 N–H and O–H groups in total. The van der Waals surface area contributed by atoms with Crippen molar-refractivity contribution >= 4 is 5.84 Å². The van der Waals surface area contributed by atoms with Crippen LogP contribution in [0.25, 0.3) is 0 Å². The van der Waals surface area contributed by atoms with E-state index in [2.05, 4.69) is 4.99 Å². The maximum atomic E-state index is 10.2. The van der Waals surface area contributed by atoms with Gasteiger partial charge in [-0.3, -0.25) is 0 Å². The van der Waals surface area contributed by atoms with Crippen LogP contribution in [0.1, 0.15) is 6.42 Å². The third-order valence-electron chi connectivity index (χ3n) is 3.60. The molecule has 2 aliphatic heterocycles. The van der Waals surface area contributed by atoms with Crippen molar-refractivity contribution in [2.45, 2.75) is 37.3 Å². The Labute approximate surface area is 144 Å². The average molecular weight is 358 g/mol. The van der Waals surface area contributed by atoms with Crippen molar-refractivity contribution in [1.82, 2.24) is 4.90 Å². The number of hydrogen-bond donors (Lipinski definition) is 4. The molecule has 0 bridgehead atoms. The fraction of sp³-hybridized carbons (Fsp3) is 0.714. The van der Waals surface area contributed by atoms with Gasteiger partial charge >= 0.3 is 0 Å². The third-order valence-corrected chi connectivity index (χ3v) is 3.60. The quantitative estimate of drug-likeness (QED) is 0.262. The van der Waals surface area contributed by atoms with E-state index in [0.717, 1.165) is 0 Å². The van der Waals surface area contributed by atoms with E-state index in [9.17, 15) is 15.3 Å². The summed E-state index contributed by atoms with van der Waals surface area (Å²) in [5.74, 6) is 0.149. The number of nitrogens with zero attached hydrogens (tertiary/aromatic N) is 3. The lowest BCUT2D eigenvalue weighted by molar-refractivity contribution is -0.191. The van der Waals surface area contributed by atoms with Gasteiger partial charge in [0.1, 0.15) is 37.7 Å². The van der Waals surface area contributed by atoms with Gasteiger partial charge in [0.05, 0.1) is 25.7 Å². The zero-order valence-electron chi connectivity index (χ0n) is 13.5. The molecule has 2 aliphatic rings. The summed E-state index contributed by atoms with van der Waals surface area (Å²) >= 11 is 0. The number of hydrogen-bond acceptors (Lipinski definition) is 11. The lowest BCUT2D eigenvalue weighted by Crippen LogP contribution is -2.49. The molecule has 0 spiro atoms. The number of amidine groups is 1. The molecular weight excluding hydrogens is 336 g/mol. The molecule has 0 aromatic heterocycles. The number of aliphatic hydroxyl groups is 3. The maximum Gasteiger partial charge on any atom is 0.229 e. The highest BCUT2D eigenvalue weighted by molar-refractivity contribution is 5.91. The Kier molecular flexibility index (Phi) is 7.53. The van der Waals surface area contributed by atoms with Crippen LogP contribution in [0.15, 0.2) is 17.3 Å². The number of nitrogens with two attached hydrogens (primary N) is 1. The zero-order valence-corrected chi connectivity index (χ0v) is 13.5. The van der Waals surface area contributed by atoms with E-state index in [-0.39, 0.29) is 32.4 Å². The van der Waals surface area contributed by atoms with Gasteiger partial charge < -0.3 is 44.9 Å². The Morgan fingerprint density at radius 3 is 2.84 bits per heavy atom. The molecule has 140 valence electrons. The Morgan fingerprint density at radius 2 is 2.16 bits per heavy atom. The SMILES string of the molecule is N#CCCOCOCO[C@H]1[C@@H](O)[C@@H](CO)O[C@H]1N1C=CC(N)=NC1O. The van der Waals surface area contributed by atoms with Crippen LogP contribution >= 0.6 is 0 Å². The molecule has 25 heavy (non-hydrogen) atoms. The maximum absolute atomic E-state index is 10.2. The van der Waals surface area contributed by atoms with Crippen LogP contribution in [0.4, 0.5) is 0 Å². The van der Waals surface area contributed by atoms with Crippen LogP contribution < -0.4 is 5.73 Å². The van der Waals surface area contributed by atoms with Gasteiger partial charge in [-0.25, -0.2) is 4.99 Å². The first-order valence-corrected chi connectivity index (χ1v) is 7.64. The van der Waals surface area contributed by atoms with Gasteiger partial charge in [0, 0.05) is 6.20 Å². The standard InChI is InChI=1S/C14H22N4O7/c15-3-1-5-22-7-23-8-24-12-11(20)9(6-19)25-13(12)18-4-2-10(16)17-14(18)21/h2,4,9,11-14,19-21H,1,5-8H2,(H2,16,17)/t9-,11+,12+,13-,14?/m1/s1. The summed E-state index contributed by atoms with van der Waals surface area (Å²) < 4.78 is 21.2. The lowest BCUT2D eigenvalue weighted by atomic mass is 10.1. The molecular formula is C14H22N4O7. The van der Waals surface area contributed by atoms with E-state index in [1.807, 2.05) is 6.07 Å². The number of aliphatic imine (C=N–C) groups is 1. The summed E-state index contributed by atoms with van der Waals surface area (Å²) in [5, 5.41) is 37.9. The minimum absolute atomic E-state index is 0.0769. The second-order valence-corrected chi connectivity index (χ2v) is 5.29. The van der Waals surface area contributed by atoms with E-state index in [4.69, 9.17) is 29.9 Å². The molecule has 0 saturated carbocycles. The molecule has 0 aromatic rings. The van der Waals surface area contributed by atoms with Crippen molar-refractivity contribution in [1.29, 1.82) is 5.26 Å². The number of nitriles is 1. The monoisotopic (exact) mass is 358 g/mol. The van der Waals surface area contributed by atoms with Gasteiger partial charge in [0.25, 0.3) is 0 Å². The highest BCUT2D eigenvalue weighted by atomic mass is 16.7. The van der Waals surface area contributed by atoms with E-state index in [0.29, 0.717) is 0 Å². The van der Waals surface area contributed by atoms with Crippen LogP contribution in [0.2, 0.25) is 0 Å². The van der Waals surface area contributed by atoms with Crippen molar-refractivity contribution < 1.29 is 34.3 Å². The molecule has 1 unspecified atom stereocenters. The zero-order chi connectivity index (χ0) is 18.2. The number of aliphatic hydroxyl groups excluding tert-OH is 3. The van der Waals surface area contributed by atoms with Crippen LogP contribution in [0, 0.1) is 11.3 Å². The lowest BCUT2D eigenvalue weighted by Gasteiger charge is -2.34. The first-order chi connectivity index (χ1) is 12.1. The summed E-state index contributed by atoms with van der Waals surface area (Å²) in [7, 11) is 0. The van der Waals surface area contributed by atoms with Gasteiger partial charge in [-0.2, -0.15) is 5.26 Å². The number of rotatable bonds is 9. The average Bonchev–Trinajstić information content (AvgIpc) is 2.90. The molecule has 0 aliphatic carbocycles.